The highest BCUT2D eigenvalue weighted by atomic mass is 32.2. The van der Waals surface area contributed by atoms with Gasteiger partial charge in [-0.15, -0.1) is 0 Å². The lowest BCUT2D eigenvalue weighted by atomic mass is 9.87. The highest BCUT2D eigenvalue weighted by Gasteiger charge is 2.47. The number of aliphatic hydroxyl groups is 2. The number of hydrogen-bond acceptors (Lipinski definition) is 22. The van der Waals surface area contributed by atoms with Gasteiger partial charge in [0, 0.05) is 37.1 Å². The van der Waals surface area contributed by atoms with Gasteiger partial charge in [-0.25, -0.2) is 19.3 Å². The monoisotopic (exact) mass is 1050 g/mol. The van der Waals surface area contributed by atoms with E-state index in [-0.39, 0.29) is 41.6 Å². The van der Waals surface area contributed by atoms with Crippen molar-refractivity contribution in [2.24, 2.45) is 5.41 Å². The SMILES string of the molecule is CCCCC/C=C\C/C=C\C/C=C\CCCCCCC(=O)SCCNC(=O)CCNC(=O)[C@H](O)C(C)(C)COP(=O)([O-])OP(=O)([O-])OC[C@H]1O[C@@H](n2cnc3c(N)ncnc32)[C@H](O)[C@@H]1OP(=O)([O-])[O-]. The topological polar surface area (TPSA) is 375 Å². The van der Waals surface area contributed by atoms with Crippen LogP contribution in [-0.4, -0.2) is 103 Å². The molecule has 6 N–H and O–H groups in total. The molecule has 2 unspecified atom stereocenters. The first-order chi connectivity index (χ1) is 32.6. The van der Waals surface area contributed by atoms with E-state index in [0.717, 1.165) is 80.4 Å². The van der Waals surface area contributed by atoms with Gasteiger partial charge in [-0.2, -0.15) is 0 Å². The average molecular weight is 1050 g/mol. The third-order valence-electron chi connectivity index (χ3n) is 10.3. The zero-order chi connectivity index (χ0) is 51.1. The van der Waals surface area contributed by atoms with Crippen LogP contribution in [0.3, 0.4) is 0 Å². The Morgan fingerprint density at radius 1 is 0.899 bits per heavy atom. The Bertz CT molecular complexity index is 2170. The minimum atomic E-state index is -5.92. The molecule has 0 bridgehead atoms. The molecule has 3 rings (SSSR count). The molecule has 2 aromatic rings. The Hall–Kier alpha value is -3.22. The van der Waals surface area contributed by atoms with Gasteiger partial charge in [-0.3, -0.25) is 28.1 Å². The van der Waals surface area contributed by atoms with Crippen molar-refractivity contribution in [1.82, 2.24) is 30.2 Å². The van der Waals surface area contributed by atoms with E-state index < -0.39 is 84.6 Å². The lowest BCUT2D eigenvalue weighted by Crippen LogP contribution is -2.46. The normalized spacial score (nSPS) is 20.2. The number of phosphoric ester groups is 3. The first-order valence-electron chi connectivity index (χ1n) is 22.5. The zero-order valence-corrected chi connectivity index (χ0v) is 42.4. The molecule has 28 heteroatoms. The number of amides is 2. The molecule has 1 aliphatic heterocycles. The second-order valence-electron chi connectivity index (χ2n) is 16.5. The maximum atomic E-state index is 12.6. The van der Waals surface area contributed by atoms with Crippen LogP contribution in [0.1, 0.15) is 110 Å². The number of carbonyl (C=O) groups excluding carboxylic acids is 3. The number of nitrogens with zero attached hydrogens (tertiary/aromatic N) is 4. The summed E-state index contributed by atoms with van der Waals surface area (Å²) in [5.74, 6) is -1.16. The van der Waals surface area contributed by atoms with Crippen molar-refractivity contribution in [2.75, 3.05) is 37.8 Å². The third kappa shape index (κ3) is 22.8. The number of carbonyl (C=O) groups is 3. The first kappa shape index (κ1) is 60.1. The molecule has 3 heterocycles. The van der Waals surface area contributed by atoms with Crippen molar-refractivity contribution in [1.29, 1.82) is 0 Å². The molecule has 1 aliphatic rings. The number of fused-ring (bicyclic) bond motifs is 1. The van der Waals surface area contributed by atoms with Crippen molar-refractivity contribution in [2.45, 2.75) is 135 Å². The summed E-state index contributed by atoms with van der Waals surface area (Å²) in [5, 5.41) is 26.5. The van der Waals surface area contributed by atoms with E-state index in [2.05, 4.69) is 86.8 Å². The van der Waals surface area contributed by atoms with Crippen molar-refractivity contribution in [3.8, 4) is 0 Å². The molecule has 0 saturated carbocycles. The molecule has 1 saturated heterocycles. The number of nitrogens with two attached hydrogens (primary N) is 1. The number of aromatic nitrogens is 4. The molecule has 390 valence electrons. The molecule has 0 radical (unpaired) electrons. The molecule has 0 aliphatic carbocycles. The van der Waals surface area contributed by atoms with Crippen LogP contribution in [0.4, 0.5) is 5.82 Å². The Morgan fingerprint density at radius 3 is 2.20 bits per heavy atom. The fourth-order valence-electron chi connectivity index (χ4n) is 6.52. The maximum Gasteiger partial charge on any atom is 0.274 e. The minimum Gasteiger partial charge on any atom is -0.790 e. The van der Waals surface area contributed by atoms with Crippen LogP contribution in [-0.2, 0) is 50.7 Å². The quantitative estimate of drug-likeness (QED) is 0.0382. The fourth-order valence-corrected chi connectivity index (χ4v) is 9.98. The van der Waals surface area contributed by atoms with E-state index in [1.165, 1.54) is 33.1 Å². The van der Waals surface area contributed by atoms with Crippen LogP contribution in [0, 0.1) is 5.41 Å². The van der Waals surface area contributed by atoms with Crippen LogP contribution in [0.2, 0.25) is 0 Å². The molecular formula is C41H64N7O17P3S-4. The largest absolute Gasteiger partial charge is 0.790 e. The summed E-state index contributed by atoms with van der Waals surface area (Å²) < 4.78 is 60.8. The lowest BCUT2D eigenvalue weighted by Gasteiger charge is -2.36. The first-order valence-corrected chi connectivity index (χ1v) is 27.8. The number of anilines is 1. The summed E-state index contributed by atoms with van der Waals surface area (Å²) in [6.07, 6.45) is 17.7. The van der Waals surface area contributed by atoms with Gasteiger partial charge < -0.3 is 69.0 Å². The second-order valence-corrected chi connectivity index (χ2v) is 21.8. The summed E-state index contributed by atoms with van der Waals surface area (Å²) in [4.78, 5) is 96.9. The molecule has 7 atom stereocenters. The number of phosphoric acid groups is 3. The minimum absolute atomic E-state index is 0.0202. The van der Waals surface area contributed by atoms with Crippen molar-refractivity contribution in [3.63, 3.8) is 0 Å². The number of allylic oxidation sites excluding steroid dienone is 6. The molecule has 24 nitrogen and oxygen atoms in total. The summed E-state index contributed by atoms with van der Waals surface area (Å²) in [6, 6.07) is 0. The van der Waals surface area contributed by atoms with Crippen molar-refractivity contribution < 1.29 is 80.5 Å². The maximum absolute atomic E-state index is 12.6. The van der Waals surface area contributed by atoms with Crippen LogP contribution in [0.15, 0.2) is 49.1 Å². The molecule has 0 aromatic carbocycles. The van der Waals surface area contributed by atoms with E-state index in [0.29, 0.717) is 12.2 Å². The Labute approximate surface area is 405 Å². The smallest absolute Gasteiger partial charge is 0.274 e. The molecule has 2 amide bonds. The molecule has 1 fully saturated rings. The van der Waals surface area contributed by atoms with E-state index in [9.17, 15) is 57.9 Å². The number of aliphatic hydroxyl groups excluding tert-OH is 2. The van der Waals surface area contributed by atoms with Crippen LogP contribution in [0.5, 0.6) is 0 Å². The number of thioether (sulfide) groups is 1. The lowest BCUT2D eigenvalue weighted by molar-refractivity contribution is -0.347. The number of unbranched alkanes of at least 4 members (excludes halogenated alkanes) is 7. The number of hydrogen-bond donors (Lipinski definition) is 5. The van der Waals surface area contributed by atoms with Gasteiger partial charge in [0.05, 0.1) is 27.4 Å². The third-order valence-corrected chi connectivity index (χ3v) is 14.2. The van der Waals surface area contributed by atoms with Gasteiger partial charge in [0.1, 0.15) is 36.3 Å². The van der Waals surface area contributed by atoms with Gasteiger partial charge in [0.2, 0.25) is 11.8 Å². The van der Waals surface area contributed by atoms with E-state index in [1.54, 1.807) is 0 Å². The number of ether oxygens (including phenoxy) is 1. The average Bonchev–Trinajstić information content (AvgIpc) is 3.84. The predicted octanol–water partition coefficient (Wildman–Crippen LogP) is 2.51. The van der Waals surface area contributed by atoms with Gasteiger partial charge in [-0.1, -0.05) is 94.7 Å². The number of nitrogen functional groups attached to an aromatic ring is 1. The van der Waals surface area contributed by atoms with Crippen molar-refractivity contribution >= 4 is 69.1 Å². The number of rotatable bonds is 34. The van der Waals surface area contributed by atoms with Gasteiger partial charge in [-0.05, 0) is 44.9 Å². The van der Waals surface area contributed by atoms with Crippen molar-refractivity contribution in [3.05, 3.63) is 49.1 Å². The van der Waals surface area contributed by atoms with Gasteiger partial charge >= 0.3 is 0 Å². The molecule has 0 spiro atoms. The fraction of sp³-hybridized carbons (Fsp3) is 0.659. The Kier molecular flexibility index (Phi) is 26.1. The van der Waals surface area contributed by atoms with Gasteiger partial charge in [0.25, 0.3) is 15.6 Å². The van der Waals surface area contributed by atoms with Crippen LogP contribution >= 0.6 is 35.2 Å². The zero-order valence-electron chi connectivity index (χ0n) is 38.9. The molecule has 2 aromatic heterocycles. The standard InChI is InChI=1S/C41H68N7O17P3S/c1-4-5-6-7-8-9-10-11-12-13-14-15-16-17-18-19-20-21-32(50)69-25-24-43-31(49)22-23-44-39(53)36(52)41(2,3)27-62-68(59,60)65-67(57,58)61-26-30-35(64-66(54,55)56)34(51)40(63-30)48-29-47-33-37(42)45-28-46-38(33)48/h8-9,11-12,14-15,28-30,34-36,40,51-52H,4-7,10,13,16-27H2,1-3H3,(H,43,49)(H,44,53)(H,57,58)(H,59,60)(H2,42,45,46)(H2,54,55,56)/p-4/b9-8-,12-11-,15-14-/t30-,34-,35-,36+,40-/m1/s1. The van der Waals surface area contributed by atoms with E-state index in [1.807, 2.05) is 0 Å². The molecule has 69 heavy (non-hydrogen) atoms. The second kappa shape index (κ2) is 30.0. The Morgan fingerprint density at radius 2 is 1.54 bits per heavy atom. The number of imidazole rings is 1. The predicted molar refractivity (Wildman–Crippen MR) is 247 cm³/mol. The number of nitrogens with one attached hydrogen (secondary N) is 2. The van der Waals surface area contributed by atoms with Crippen LogP contribution < -0.4 is 35.9 Å². The van der Waals surface area contributed by atoms with Gasteiger partial charge in [0.15, 0.2) is 22.8 Å². The summed E-state index contributed by atoms with van der Waals surface area (Å²) in [5.41, 5.74) is 4.09. The Balaban J connectivity index is 1.29. The molecular weight excluding hydrogens is 987 g/mol. The highest BCUT2D eigenvalue weighted by molar-refractivity contribution is 8.13. The van der Waals surface area contributed by atoms with Crippen LogP contribution in [0.25, 0.3) is 11.2 Å². The summed E-state index contributed by atoms with van der Waals surface area (Å²) in [6.45, 7) is 2.35. The van der Waals surface area contributed by atoms with E-state index in [4.69, 9.17) is 10.5 Å². The summed E-state index contributed by atoms with van der Waals surface area (Å²) >= 11 is 1.13. The van der Waals surface area contributed by atoms with E-state index >= 15 is 0 Å². The highest BCUT2D eigenvalue weighted by Crippen LogP contribution is 2.56. The summed E-state index contributed by atoms with van der Waals surface area (Å²) in [7, 11) is -17.6.